The van der Waals surface area contributed by atoms with Crippen molar-refractivity contribution in [3.8, 4) is 0 Å². The van der Waals surface area contributed by atoms with Crippen LogP contribution in [0.15, 0.2) is 0 Å². The molecular formula is C12H26N2O3. The summed E-state index contributed by atoms with van der Waals surface area (Å²) in [4.78, 5) is 2.23. The summed E-state index contributed by atoms with van der Waals surface area (Å²) in [6.45, 7) is 7.88. The lowest BCUT2D eigenvalue weighted by atomic mass is 10.1. The highest BCUT2D eigenvalue weighted by Crippen LogP contribution is 2.00. The van der Waals surface area contributed by atoms with E-state index in [0.717, 1.165) is 39.3 Å². The number of nitrogens with one attached hydrogen (secondary N) is 1. The molecule has 0 aromatic carbocycles. The van der Waals surface area contributed by atoms with Crippen LogP contribution in [0, 0.1) is 5.92 Å². The van der Waals surface area contributed by atoms with Gasteiger partial charge in [-0.2, -0.15) is 0 Å². The lowest BCUT2D eigenvalue weighted by molar-refractivity contribution is 0.0148. The monoisotopic (exact) mass is 246 g/mol. The number of hydrogen-bond acceptors (Lipinski definition) is 5. The molecule has 17 heavy (non-hydrogen) atoms. The van der Waals surface area contributed by atoms with Crippen LogP contribution in [0.5, 0.6) is 0 Å². The molecule has 1 saturated heterocycles. The van der Waals surface area contributed by atoms with Crippen LogP contribution >= 0.6 is 0 Å². The predicted octanol–water partition coefficient (Wildman–Crippen LogP) is -0.712. The number of β-amino-alcohol motifs (C(OH)–C–C–N with tert-alkyl or cyclic N) is 1. The van der Waals surface area contributed by atoms with E-state index in [9.17, 15) is 5.11 Å². The number of aliphatic hydroxyl groups is 2. The third kappa shape index (κ3) is 6.95. The standard InChI is InChI=1S/C12H26N2O3/c1-11(2-5-15)8-13-9-12(16)10-14-3-6-17-7-4-14/h11-13,15-16H,2-10H2,1H3. The van der Waals surface area contributed by atoms with E-state index in [-0.39, 0.29) is 12.7 Å². The Morgan fingerprint density at radius 1 is 1.29 bits per heavy atom. The minimum atomic E-state index is -0.325. The topological polar surface area (TPSA) is 65.0 Å². The molecule has 3 N–H and O–H groups in total. The number of nitrogens with zero attached hydrogens (tertiary/aromatic N) is 1. The second kappa shape index (κ2) is 8.83. The SMILES string of the molecule is CC(CCO)CNCC(O)CN1CCOCC1. The van der Waals surface area contributed by atoms with Gasteiger partial charge >= 0.3 is 0 Å². The van der Waals surface area contributed by atoms with Crippen LogP contribution in [-0.2, 0) is 4.74 Å². The van der Waals surface area contributed by atoms with E-state index >= 15 is 0 Å². The first-order valence-corrected chi connectivity index (χ1v) is 6.52. The molecule has 1 aliphatic heterocycles. The second-order valence-corrected chi connectivity index (χ2v) is 4.84. The maximum atomic E-state index is 9.85. The molecule has 1 heterocycles. The first kappa shape index (κ1) is 14.9. The van der Waals surface area contributed by atoms with Crippen LogP contribution in [-0.4, -0.2) is 73.8 Å². The Labute approximate surface area is 104 Å². The summed E-state index contributed by atoms with van der Waals surface area (Å²) in [7, 11) is 0. The van der Waals surface area contributed by atoms with Gasteiger partial charge in [-0.15, -0.1) is 0 Å². The first-order valence-electron chi connectivity index (χ1n) is 6.52. The number of ether oxygens (including phenoxy) is 1. The summed E-state index contributed by atoms with van der Waals surface area (Å²) in [5, 5.41) is 21.9. The molecule has 0 saturated carbocycles. The van der Waals surface area contributed by atoms with E-state index in [1.54, 1.807) is 0 Å². The van der Waals surface area contributed by atoms with E-state index < -0.39 is 0 Å². The first-order chi connectivity index (χ1) is 8.22. The molecule has 1 rings (SSSR count). The molecule has 0 aromatic heterocycles. The van der Waals surface area contributed by atoms with E-state index in [1.165, 1.54) is 0 Å². The van der Waals surface area contributed by atoms with Crippen LogP contribution in [0.1, 0.15) is 13.3 Å². The van der Waals surface area contributed by atoms with Gasteiger partial charge in [0.2, 0.25) is 0 Å². The van der Waals surface area contributed by atoms with Gasteiger partial charge in [-0.3, -0.25) is 4.90 Å². The number of rotatable bonds is 8. The maximum Gasteiger partial charge on any atom is 0.0791 e. The molecular weight excluding hydrogens is 220 g/mol. The molecule has 0 radical (unpaired) electrons. The minimum absolute atomic E-state index is 0.235. The van der Waals surface area contributed by atoms with Crippen molar-refractivity contribution >= 4 is 0 Å². The van der Waals surface area contributed by atoms with Gasteiger partial charge in [0.15, 0.2) is 0 Å². The van der Waals surface area contributed by atoms with Gasteiger partial charge in [0.05, 0.1) is 19.3 Å². The number of morpholine rings is 1. The van der Waals surface area contributed by atoms with Crippen LogP contribution in [0.25, 0.3) is 0 Å². The Kier molecular flexibility index (Phi) is 7.72. The number of hydrogen-bond donors (Lipinski definition) is 3. The summed E-state index contributed by atoms with van der Waals surface area (Å²) in [6, 6.07) is 0. The average molecular weight is 246 g/mol. The molecule has 2 atom stereocenters. The van der Waals surface area contributed by atoms with Crippen molar-refractivity contribution in [3.05, 3.63) is 0 Å². The minimum Gasteiger partial charge on any atom is -0.396 e. The zero-order chi connectivity index (χ0) is 12.5. The second-order valence-electron chi connectivity index (χ2n) is 4.84. The van der Waals surface area contributed by atoms with Gasteiger partial charge in [0.1, 0.15) is 0 Å². The summed E-state index contributed by atoms with van der Waals surface area (Å²) < 4.78 is 5.26. The summed E-state index contributed by atoms with van der Waals surface area (Å²) in [6.07, 6.45) is 0.487. The molecule has 1 aliphatic rings. The third-order valence-corrected chi connectivity index (χ3v) is 3.07. The Balaban J connectivity index is 2.02. The van der Waals surface area contributed by atoms with Crippen molar-refractivity contribution in [3.63, 3.8) is 0 Å². The highest BCUT2D eigenvalue weighted by atomic mass is 16.5. The van der Waals surface area contributed by atoms with Gasteiger partial charge in [0, 0.05) is 32.8 Å². The molecule has 0 amide bonds. The van der Waals surface area contributed by atoms with Gasteiger partial charge < -0.3 is 20.3 Å². The average Bonchev–Trinajstić information content (AvgIpc) is 2.30. The van der Waals surface area contributed by atoms with E-state index in [2.05, 4.69) is 17.1 Å². The van der Waals surface area contributed by atoms with Crippen molar-refractivity contribution in [1.29, 1.82) is 0 Å². The fourth-order valence-corrected chi connectivity index (χ4v) is 1.97. The normalized spacial score (nSPS) is 21.4. The Hall–Kier alpha value is -0.200. The van der Waals surface area contributed by atoms with Crippen molar-refractivity contribution in [2.75, 3.05) is 52.5 Å². The lowest BCUT2D eigenvalue weighted by Gasteiger charge is -2.28. The van der Waals surface area contributed by atoms with Crippen LogP contribution < -0.4 is 5.32 Å². The Bertz CT molecular complexity index is 187. The third-order valence-electron chi connectivity index (χ3n) is 3.07. The highest BCUT2D eigenvalue weighted by Gasteiger charge is 2.14. The van der Waals surface area contributed by atoms with E-state index in [4.69, 9.17) is 9.84 Å². The molecule has 2 unspecified atom stereocenters. The van der Waals surface area contributed by atoms with Crippen LogP contribution in [0.2, 0.25) is 0 Å². The van der Waals surface area contributed by atoms with E-state index in [1.807, 2.05) is 0 Å². The van der Waals surface area contributed by atoms with Crippen molar-refractivity contribution in [2.24, 2.45) is 5.92 Å². The Morgan fingerprint density at radius 2 is 2.00 bits per heavy atom. The van der Waals surface area contributed by atoms with Crippen LogP contribution in [0.4, 0.5) is 0 Å². The quantitative estimate of drug-likeness (QED) is 0.528. The molecule has 102 valence electrons. The van der Waals surface area contributed by atoms with Gasteiger partial charge in [-0.25, -0.2) is 0 Å². The van der Waals surface area contributed by atoms with Crippen molar-refractivity contribution < 1.29 is 14.9 Å². The van der Waals surface area contributed by atoms with Crippen molar-refractivity contribution in [2.45, 2.75) is 19.4 Å². The maximum absolute atomic E-state index is 9.85. The molecule has 0 bridgehead atoms. The molecule has 5 nitrogen and oxygen atoms in total. The molecule has 5 heteroatoms. The summed E-state index contributed by atoms with van der Waals surface area (Å²) in [5.74, 6) is 0.454. The van der Waals surface area contributed by atoms with Gasteiger partial charge in [-0.05, 0) is 18.9 Å². The number of aliphatic hydroxyl groups excluding tert-OH is 2. The largest absolute Gasteiger partial charge is 0.396 e. The fraction of sp³-hybridized carbons (Fsp3) is 1.00. The zero-order valence-electron chi connectivity index (χ0n) is 10.8. The Morgan fingerprint density at radius 3 is 2.65 bits per heavy atom. The van der Waals surface area contributed by atoms with Gasteiger partial charge in [-0.1, -0.05) is 6.92 Å². The van der Waals surface area contributed by atoms with E-state index in [0.29, 0.717) is 19.0 Å². The summed E-state index contributed by atoms with van der Waals surface area (Å²) in [5.41, 5.74) is 0. The molecule has 0 aromatic rings. The van der Waals surface area contributed by atoms with Crippen LogP contribution in [0.3, 0.4) is 0 Å². The fourth-order valence-electron chi connectivity index (χ4n) is 1.97. The predicted molar refractivity (Wildman–Crippen MR) is 67.0 cm³/mol. The molecule has 1 fully saturated rings. The highest BCUT2D eigenvalue weighted by molar-refractivity contribution is 4.69. The smallest absolute Gasteiger partial charge is 0.0791 e. The van der Waals surface area contributed by atoms with Crippen molar-refractivity contribution in [1.82, 2.24) is 10.2 Å². The summed E-state index contributed by atoms with van der Waals surface area (Å²) >= 11 is 0. The van der Waals surface area contributed by atoms with Gasteiger partial charge in [0.25, 0.3) is 0 Å². The zero-order valence-corrected chi connectivity index (χ0v) is 10.8. The molecule has 0 spiro atoms. The lowest BCUT2D eigenvalue weighted by Crippen LogP contribution is -2.44. The molecule has 0 aliphatic carbocycles.